The Kier molecular flexibility index (Phi) is 5.93. The van der Waals surface area contributed by atoms with Gasteiger partial charge in [0.1, 0.15) is 23.0 Å². The van der Waals surface area contributed by atoms with Crippen LogP contribution in [0.2, 0.25) is 5.02 Å². The van der Waals surface area contributed by atoms with E-state index in [9.17, 15) is 9.18 Å². The molecule has 1 aliphatic rings. The average Bonchev–Trinajstić information content (AvgIpc) is 3.30. The molecule has 0 bridgehead atoms. The van der Waals surface area contributed by atoms with Gasteiger partial charge in [0.25, 0.3) is 5.91 Å². The van der Waals surface area contributed by atoms with E-state index in [1.807, 2.05) is 0 Å². The van der Waals surface area contributed by atoms with Crippen LogP contribution in [-0.2, 0) is 7.05 Å². The zero-order valence-corrected chi connectivity index (χ0v) is 19.2. The van der Waals surface area contributed by atoms with Crippen LogP contribution in [0.5, 0.6) is 0 Å². The second kappa shape index (κ2) is 9.18. The molecule has 0 unspecified atom stereocenters. The quantitative estimate of drug-likeness (QED) is 0.446. The van der Waals surface area contributed by atoms with Crippen LogP contribution in [0.1, 0.15) is 10.5 Å². The van der Waals surface area contributed by atoms with Crippen molar-refractivity contribution in [3.05, 3.63) is 77.7 Å². The molecule has 0 N–H and O–H groups in total. The van der Waals surface area contributed by atoms with Gasteiger partial charge >= 0.3 is 0 Å². The molecule has 0 saturated carbocycles. The van der Waals surface area contributed by atoms with Gasteiger partial charge in [-0.15, -0.1) is 0 Å². The summed E-state index contributed by atoms with van der Waals surface area (Å²) in [6, 6.07) is 9.62. The Hall–Kier alpha value is -3.85. The van der Waals surface area contributed by atoms with Crippen LogP contribution in [0.25, 0.3) is 22.5 Å². The molecule has 0 spiro atoms. The number of halogens is 2. The zero-order chi connectivity index (χ0) is 23.7. The van der Waals surface area contributed by atoms with Gasteiger partial charge in [0.2, 0.25) is 0 Å². The van der Waals surface area contributed by atoms with Crippen molar-refractivity contribution < 1.29 is 9.18 Å². The van der Waals surface area contributed by atoms with E-state index in [2.05, 4.69) is 20.0 Å². The molecule has 4 aromatic rings. The van der Waals surface area contributed by atoms with Gasteiger partial charge in [-0.25, -0.2) is 9.37 Å². The number of benzene rings is 1. The molecule has 4 heterocycles. The fourth-order valence-electron chi connectivity index (χ4n) is 3.94. The van der Waals surface area contributed by atoms with Gasteiger partial charge in [-0.05, 0) is 36.4 Å². The van der Waals surface area contributed by atoms with E-state index >= 15 is 0 Å². The summed E-state index contributed by atoms with van der Waals surface area (Å²) in [4.78, 5) is 30.2. The molecule has 172 valence electrons. The number of aryl methyl sites for hydroxylation is 1. The highest BCUT2D eigenvalue weighted by molar-refractivity contribution is 6.33. The summed E-state index contributed by atoms with van der Waals surface area (Å²) in [5.74, 6) is 0.274. The van der Waals surface area contributed by atoms with E-state index < -0.39 is 0 Å². The third-order valence-electron chi connectivity index (χ3n) is 5.73. The third-order valence-corrected chi connectivity index (χ3v) is 6.03. The maximum atomic E-state index is 13.5. The molecular weight excluding hydrogens is 457 g/mol. The van der Waals surface area contributed by atoms with Gasteiger partial charge in [0.15, 0.2) is 0 Å². The Bertz CT molecular complexity index is 1330. The first-order chi connectivity index (χ1) is 16.5. The number of carbonyl (C=O) groups excluding carboxylic acids is 1. The molecule has 1 saturated heterocycles. The minimum Gasteiger partial charge on any atom is -0.352 e. The first-order valence-corrected chi connectivity index (χ1v) is 11.1. The molecule has 10 heteroatoms. The number of pyridine rings is 1. The van der Waals surface area contributed by atoms with Crippen LogP contribution in [0.4, 0.5) is 10.2 Å². The van der Waals surface area contributed by atoms with E-state index in [1.165, 1.54) is 12.1 Å². The monoisotopic (exact) mass is 477 g/mol. The second-order valence-electron chi connectivity index (χ2n) is 7.94. The summed E-state index contributed by atoms with van der Waals surface area (Å²) >= 11 is 6.44. The number of piperazine rings is 1. The van der Waals surface area contributed by atoms with Crippen molar-refractivity contribution in [2.45, 2.75) is 0 Å². The number of nitrogens with zero attached hydrogens (tertiary/aromatic N) is 7. The van der Waals surface area contributed by atoms with Crippen molar-refractivity contribution in [1.29, 1.82) is 0 Å². The fourth-order valence-corrected chi connectivity index (χ4v) is 4.14. The normalized spacial score (nSPS) is 13.9. The molecule has 0 atom stereocenters. The van der Waals surface area contributed by atoms with Gasteiger partial charge in [0, 0.05) is 62.9 Å². The van der Waals surface area contributed by atoms with E-state index in [4.69, 9.17) is 16.6 Å². The summed E-state index contributed by atoms with van der Waals surface area (Å²) in [6.07, 6.45) is 6.66. The van der Waals surface area contributed by atoms with E-state index in [0.717, 1.165) is 5.56 Å². The van der Waals surface area contributed by atoms with Crippen LogP contribution in [0.3, 0.4) is 0 Å². The highest BCUT2D eigenvalue weighted by atomic mass is 35.5. The number of aromatic nitrogens is 5. The summed E-state index contributed by atoms with van der Waals surface area (Å²) in [5.41, 5.74) is 3.04. The summed E-state index contributed by atoms with van der Waals surface area (Å²) in [6.45, 7) is 2.30. The topological polar surface area (TPSA) is 80.0 Å². The summed E-state index contributed by atoms with van der Waals surface area (Å²) in [5, 5.41) is 4.66. The van der Waals surface area contributed by atoms with Gasteiger partial charge in [-0.3, -0.25) is 19.4 Å². The lowest BCUT2D eigenvalue weighted by Crippen LogP contribution is -2.49. The smallest absolute Gasteiger partial charge is 0.274 e. The number of hydrogen-bond acceptors (Lipinski definition) is 6. The first-order valence-electron chi connectivity index (χ1n) is 10.8. The first kappa shape index (κ1) is 22.0. The van der Waals surface area contributed by atoms with Gasteiger partial charge < -0.3 is 9.80 Å². The Morgan fingerprint density at radius 2 is 1.76 bits per heavy atom. The van der Waals surface area contributed by atoms with E-state index in [0.29, 0.717) is 59.7 Å². The van der Waals surface area contributed by atoms with Crippen LogP contribution in [0.15, 0.2) is 61.2 Å². The highest BCUT2D eigenvalue weighted by Gasteiger charge is 2.25. The second-order valence-corrected chi connectivity index (χ2v) is 8.35. The largest absolute Gasteiger partial charge is 0.352 e. The molecule has 0 aliphatic carbocycles. The number of rotatable bonds is 4. The molecular formula is C24H21ClFN7O. The average molecular weight is 478 g/mol. The summed E-state index contributed by atoms with van der Waals surface area (Å²) in [7, 11) is 1.79. The van der Waals surface area contributed by atoms with Gasteiger partial charge in [-0.2, -0.15) is 5.10 Å². The summed E-state index contributed by atoms with van der Waals surface area (Å²) < 4.78 is 15.1. The van der Waals surface area contributed by atoms with Gasteiger partial charge in [0.05, 0.1) is 16.9 Å². The lowest BCUT2D eigenvalue weighted by Gasteiger charge is -2.35. The molecule has 0 radical (unpaired) electrons. The van der Waals surface area contributed by atoms with E-state index in [1.54, 1.807) is 65.7 Å². The van der Waals surface area contributed by atoms with Gasteiger partial charge in [-0.1, -0.05) is 11.6 Å². The van der Waals surface area contributed by atoms with Crippen molar-refractivity contribution in [3.8, 4) is 22.5 Å². The molecule has 5 rings (SSSR count). The van der Waals surface area contributed by atoms with Crippen molar-refractivity contribution in [2.24, 2.45) is 7.05 Å². The number of hydrogen-bond donors (Lipinski definition) is 0. The van der Waals surface area contributed by atoms with Crippen LogP contribution in [0, 0.1) is 5.82 Å². The van der Waals surface area contributed by atoms with Crippen LogP contribution < -0.4 is 4.90 Å². The molecule has 8 nitrogen and oxygen atoms in total. The van der Waals surface area contributed by atoms with E-state index in [-0.39, 0.29) is 11.7 Å². The zero-order valence-electron chi connectivity index (χ0n) is 18.4. The Labute approximate surface area is 200 Å². The van der Waals surface area contributed by atoms with Crippen LogP contribution >= 0.6 is 11.6 Å². The maximum Gasteiger partial charge on any atom is 0.274 e. The minimum absolute atomic E-state index is 0.0813. The number of amides is 1. The minimum atomic E-state index is -0.324. The Morgan fingerprint density at radius 1 is 1.00 bits per heavy atom. The lowest BCUT2D eigenvalue weighted by molar-refractivity contribution is 0.0739. The molecule has 1 amide bonds. The standard InChI is InChI=1S/C24H21ClFN7O/c1-31-9-7-20(30-31)24(34)33-12-10-32(11-13-33)21-15-28-22(16-2-4-17(26)5-3-16)23(29-21)18-6-8-27-14-19(18)25/h2-9,14-15H,10-13H2,1H3. The Morgan fingerprint density at radius 3 is 2.44 bits per heavy atom. The molecule has 1 aromatic carbocycles. The molecule has 3 aromatic heterocycles. The maximum absolute atomic E-state index is 13.5. The van der Waals surface area contributed by atoms with Crippen molar-refractivity contribution in [2.75, 3.05) is 31.1 Å². The molecule has 1 fully saturated rings. The third kappa shape index (κ3) is 4.34. The van der Waals surface area contributed by atoms with Crippen molar-refractivity contribution in [3.63, 3.8) is 0 Å². The van der Waals surface area contributed by atoms with Crippen molar-refractivity contribution >= 4 is 23.3 Å². The molecule has 34 heavy (non-hydrogen) atoms. The highest BCUT2D eigenvalue weighted by Crippen LogP contribution is 2.34. The Balaban J connectivity index is 1.43. The molecule has 1 aliphatic heterocycles. The lowest BCUT2D eigenvalue weighted by atomic mass is 10.0. The predicted octanol–water partition coefficient (Wildman–Crippen LogP) is 3.69. The SMILES string of the molecule is Cn1ccc(C(=O)N2CCN(c3cnc(-c4ccc(F)cc4)c(-c4ccncc4Cl)n3)CC2)n1. The predicted molar refractivity (Wildman–Crippen MR) is 127 cm³/mol. The fraction of sp³-hybridized carbons (Fsp3) is 0.208. The van der Waals surface area contributed by atoms with Crippen molar-refractivity contribution in [1.82, 2.24) is 29.6 Å². The number of carbonyl (C=O) groups is 1. The number of anilines is 1. The van der Waals surface area contributed by atoms with Crippen LogP contribution in [-0.4, -0.2) is 61.7 Å².